The van der Waals surface area contributed by atoms with Crippen LogP contribution in [0.1, 0.15) is 11.9 Å². The van der Waals surface area contributed by atoms with Gasteiger partial charge < -0.3 is 20.9 Å². The molecule has 0 spiro atoms. The molecule has 0 radical (unpaired) electrons. The molecule has 3 rings (SSSR count). The number of amides is 1. The Morgan fingerprint density at radius 1 is 1.39 bits per heavy atom. The van der Waals surface area contributed by atoms with Crippen molar-refractivity contribution in [2.45, 2.75) is 6.04 Å². The van der Waals surface area contributed by atoms with Crippen molar-refractivity contribution < 1.29 is 4.79 Å². The number of anilines is 1. The number of rotatable bonds is 3. The number of imidazole rings is 1. The number of aromatic nitrogens is 2. The van der Waals surface area contributed by atoms with E-state index < -0.39 is 0 Å². The molecule has 1 aromatic heterocycles. The van der Waals surface area contributed by atoms with Crippen LogP contribution in [0, 0.1) is 0 Å². The molecule has 1 aromatic carbocycles. The van der Waals surface area contributed by atoms with Crippen molar-refractivity contribution in [3.8, 4) is 0 Å². The third-order valence-corrected chi connectivity index (χ3v) is 3.12. The number of nitrogens with one attached hydrogen (secondary N) is 4. The maximum Gasteiger partial charge on any atom is 0.211 e. The number of nitrogens with zero attached hydrogens (tertiary/aromatic N) is 1. The topological polar surface area (TPSA) is 81.8 Å². The zero-order valence-corrected chi connectivity index (χ0v) is 9.86. The molecule has 1 atom stereocenters. The Morgan fingerprint density at radius 2 is 2.33 bits per heavy atom. The summed E-state index contributed by atoms with van der Waals surface area (Å²) < 4.78 is 0. The number of hydrogen-bond acceptors (Lipinski definition) is 4. The molecule has 1 amide bonds. The van der Waals surface area contributed by atoms with E-state index in [0.717, 1.165) is 42.2 Å². The van der Waals surface area contributed by atoms with E-state index in [4.69, 9.17) is 0 Å². The number of benzene rings is 1. The molecular weight excluding hydrogens is 230 g/mol. The largest absolute Gasteiger partial charge is 0.341 e. The van der Waals surface area contributed by atoms with Crippen LogP contribution in [0.25, 0.3) is 11.0 Å². The van der Waals surface area contributed by atoms with E-state index in [0.29, 0.717) is 6.41 Å². The summed E-state index contributed by atoms with van der Waals surface area (Å²) in [4.78, 5) is 18.4. The summed E-state index contributed by atoms with van der Waals surface area (Å²) in [6.45, 7) is 2.77. The Hall–Kier alpha value is -1.92. The maximum atomic E-state index is 10.6. The fourth-order valence-corrected chi connectivity index (χ4v) is 2.24. The van der Waals surface area contributed by atoms with Gasteiger partial charge >= 0.3 is 0 Å². The summed E-state index contributed by atoms with van der Waals surface area (Å²) in [7, 11) is 0. The Labute approximate surface area is 104 Å². The van der Waals surface area contributed by atoms with Crippen molar-refractivity contribution >= 4 is 23.1 Å². The van der Waals surface area contributed by atoms with Crippen molar-refractivity contribution in [2.24, 2.45) is 0 Å². The van der Waals surface area contributed by atoms with Gasteiger partial charge in [-0.25, -0.2) is 4.98 Å². The molecule has 2 aromatic rings. The first kappa shape index (κ1) is 11.2. The Bertz CT molecular complexity index is 559. The van der Waals surface area contributed by atoms with Crippen LogP contribution in [-0.4, -0.2) is 36.0 Å². The van der Waals surface area contributed by atoms with Crippen LogP contribution in [0.5, 0.6) is 0 Å². The summed E-state index contributed by atoms with van der Waals surface area (Å²) in [6.07, 6.45) is 0.670. The lowest BCUT2D eigenvalue weighted by Crippen LogP contribution is -2.43. The van der Waals surface area contributed by atoms with Gasteiger partial charge in [-0.2, -0.15) is 0 Å². The van der Waals surface area contributed by atoms with Gasteiger partial charge in [-0.15, -0.1) is 0 Å². The number of carbonyl (C=O) groups excluding carboxylic acids is 1. The maximum absolute atomic E-state index is 10.6. The fourth-order valence-electron chi connectivity index (χ4n) is 2.24. The van der Waals surface area contributed by atoms with Crippen LogP contribution in [0.2, 0.25) is 0 Å². The molecule has 18 heavy (non-hydrogen) atoms. The summed E-state index contributed by atoms with van der Waals surface area (Å²) >= 11 is 0. The lowest BCUT2D eigenvalue weighted by atomic mass is 10.2. The fraction of sp³-hybridized carbons (Fsp3) is 0.333. The molecule has 0 saturated carbocycles. The van der Waals surface area contributed by atoms with Crippen LogP contribution in [0.15, 0.2) is 18.2 Å². The van der Waals surface area contributed by atoms with Gasteiger partial charge in [0.05, 0.1) is 17.2 Å². The molecule has 0 aliphatic carbocycles. The molecule has 6 nitrogen and oxygen atoms in total. The number of carbonyl (C=O) groups is 1. The predicted molar refractivity (Wildman–Crippen MR) is 69.4 cm³/mol. The zero-order chi connectivity index (χ0) is 12.4. The average Bonchev–Trinajstić information content (AvgIpc) is 2.85. The van der Waals surface area contributed by atoms with Crippen LogP contribution >= 0.6 is 0 Å². The van der Waals surface area contributed by atoms with Crippen LogP contribution in [0.3, 0.4) is 0 Å². The van der Waals surface area contributed by atoms with Gasteiger partial charge in [0.25, 0.3) is 0 Å². The first-order valence-electron chi connectivity index (χ1n) is 6.01. The van der Waals surface area contributed by atoms with Gasteiger partial charge in [0.15, 0.2) is 0 Å². The van der Waals surface area contributed by atoms with Gasteiger partial charge in [-0.3, -0.25) is 4.79 Å². The zero-order valence-electron chi connectivity index (χ0n) is 9.86. The molecule has 94 valence electrons. The molecular formula is C12H15N5O. The lowest BCUT2D eigenvalue weighted by molar-refractivity contribution is -0.105. The van der Waals surface area contributed by atoms with Crippen molar-refractivity contribution in [3.05, 3.63) is 24.0 Å². The summed E-state index contributed by atoms with van der Waals surface area (Å²) in [6, 6.07) is 5.88. The summed E-state index contributed by atoms with van der Waals surface area (Å²) in [5.74, 6) is 0.900. The van der Waals surface area contributed by atoms with Crippen molar-refractivity contribution in [1.29, 1.82) is 0 Å². The molecule has 1 saturated heterocycles. The SMILES string of the molecule is O=CNc1cccc2[nH]c(C3CNCCN3)nc12. The van der Waals surface area contributed by atoms with E-state index >= 15 is 0 Å². The number of para-hydroxylation sites is 1. The van der Waals surface area contributed by atoms with Crippen molar-refractivity contribution in [1.82, 2.24) is 20.6 Å². The average molecular weight is 245 g/mol. The Kier molecular flexibility index (Phi) is 2.95. The van der Waals surface area contributed by atoms with Crippen molar-refractivity contribution in [2.75, 3.05) is 25.0 Å². The Balaban J connectivity index is 1.99. The quantitative estimate of drug-likeness (QED) is 0.589. The summed E-state index contributed by atoms with van der Waals surface area (Å²) in [5.41, 5.74) is 2.46. The molecule has 4 N–H and O–H groups in total. The third kappa shape index (κ3) is 1.96. The minimum Gasteiger partial charge on any atom is -0.341 e. The highest BCUT2D eigenvalue weighted by Gasteiger charge is 2.18. The number of fused-ring (bicyclic) bond motifs is 1. The molecule has 1 aliphatic rings. The smallest absolute Gasteiger partial charge is 0.211 e. The second-order valence-electron chi connectivity index (χ2n) is 4.30. The van der Waals surface area contributed by atoms with E-state index in [2.05, 4.69) is 25.9 Å². The lowest BCUT2D eigenvalue weighted by Gasteiger charge is -2.22. The van der Waals surface area contributed by atoms with Gasteiger partial charge in [0.1, 0.15) is 11.3 Å². The minimum atomic E-state index is 0.190. The van der Waals surface area contributed by atoms with E-state index in [-0.39, 0.29) is 6.04 Å². The second kappa shape index (κ2) is 4.75. The molecule has 2 heterocycles. The number of H-pyrrole nitrogens is 1. The molecule has 1 fully saturated rings. The Morgan fingerprint density at radius 3 is 3.11 bits per heavy atom. The normalized spacial score (nSPS) is 19.9. The highest BCUT2D eigenvalue weighted by atomic mass is 16.1. The molecule has 6 heteroatoms. The molecule has 1 aliphatic heterocycles. The van der Waals surface area contributed by atoms with E-state index in [9.17, 15) is 4.79 Å². The third-order valence-electron chi connectivity index (χ3n) is 3.12. The second-order valence-corrected chi connectivity index (χ2v) is 4.30. The first-order valence-corrected chi connectivity index (χ1v) is 6.01. The van der Waals surface area contributed by atoms with Crippen molar-refractivity contribution in [3.63, 3.8) is 0 Å². The van der Waals surface area contributed by atoms with Gasteiger partial charge in [0, 0.05) is 19.6 Å². The minimum absolute atomic E-state index is 0.190. The van der Waals surface area contributed by atoms with E-state index in [1.807, 2.05) is 18.2 Å². The van der Waals surface area contributed by atoms with Crippen LogP contribution < -0.4 is 16.0 Å². The standard InChI is InChI=1S/C12H15N5O/c18-7-15-8-2-1-3-9-11(8)17-12(16-9)10-6-13-4-5-14-10/h1-3,7,10,13-14H,4-6H2,(H,15,18)(H,16,17). The van der Waals surface area contributed by atoms with Gasteiger partial charge in [0.2, 0.25) is 6.41 Å². The number of hydrogen-bond donors (Lipinski definition) is 4. The molecule has 1 unspecified atom stereocenters. The highest BCUT2D eigenvalue weighted by Crippen LogP contribution is 2.23. The predicted octanol–water partition coefficient (Wildman–Crippen LogP) is 0.365. The van der Waals surface area contributed by atoms with Crippen LogP contribution in [0.4, 0.5) is 5.69 Å². The monoisotopic (exact) mass is 245 g/mol. The number of aromatic amines is 1. The van der Waals surface area contributed by atoms with Crippen LogP contribution in [-0.2, 0) is 4.79 Å². The highest BCUT2D eigenvalue weighted by molar-refractivity contribution is 5.92. The van der Waals surface area contributed by atoms with E-state index in [1.165, 1.54) is 0 Å². The number of piperazine rings is 1. The van der Waals surface area contributed by atoms with Gasteiger partial charge in [-0.05, 0) is 12.1 Å². The van der Waals surface area contributed by atoms with Gasteiger partial charge in [-0.1, -0.05) is 6.07 Å². The molecule has 0 bridgehead atoms. The van der Waals surface area contributed by atoms with E-state index in [1.54, 1.807) is 0 Å². The summed E-state index contributed by atoms with van der Waals surface area (Å²) in [5, 5.41) is 9.39. The first-order chi connectivity index (χ1) is 8.88.